The summed E-state index contributed by atoms with van der Waals surface area (Å²) in [7, 11) is 0. The average Bonchev–Trinajstić information content (AvgIpc) is 0.780. The Balaban J connectivity index is 1.32. The number of amides is 1. The lowest BCUT2D eigenvalue weighted by Crippen LogP contribution is -2.66. The van der Waals surface area contributed by atoms with Gasteiger partial charge in [-0.25, -0.2) is 0 Å². The second-order valence-corrected chi connectivity index (χ2v) is 32.0. The highest BCUT2D eigenvalue weighted by atomic mass is 16.8. The van der Waals surface area contributed by atoms with Crippen molar-refractivity contribution in [3.8, 4) is 0 Å². The first-order chi connectivity index (χ1) is 54.3. The van der Waals surface area contributed by atoms with Crippen LogP contribution >= 0.6 is 0 Å². The number of carbonyl (C=O) groups excluding carboxylic acids is 1. The molecule has 19 nitrogen and oxygen atoms in total. The minimum Gasteiger partial charge on any atom is -0.394 e. The standard InChI is InChI=1S/C92H165NO18/c1-3-5-7-9-11-13-15-17-19-21-23-25-27-29-31-32-33-34-35-36-37-38-39-40-41-42-44-46-48-50-52-54-56-58-60-62-64-66-68-70-80(98)93-75(76(97)69-67-65-63-61-59-57-55-53-51-49-47-45-43-30-28-26-24-22-20-18-16-14-12-10-8-6-4-2)74-106-90-86(104)83(101)88(78(72-95)108-90)111-92-87(105)84(102)89(79(73-96)109-92)110-91-85(103)82(100)81(99)77(71-94)107-91/h5,7,11,13,17,19,23,25,51,53,59,61,67,69,75-79,81-92,94-97,99-105H,3-4,6,8-10,12,14-16,18,20-22,24,26-50,52,54-58,60,62-66,68,70-74H2,1-2H3,(H,93,98)/b7-5-,13-11-,19-17-,25-23-,53-51+,61-59+,69-67+. The van der Waals surface area contributed by atoms with Crippen molar-refractivity contribution in [3.63, 3.8) is 0 Å². The van der Waals surface area contributed by atoms with E-state index in [1.807, 2.05) is 6.08 Å². The number of rotatable bonds is 73. The van der Waals surface area contributed by atoms with E-state index in [0.717, 1.165) is 70.6 Å². The number of ether oxygens (including phenoxy) is 6. The summed E-state index contributed by atoms with van der Waals surface area (Å²) in [5.74, 6) is -0.284. The van der Waals surface area contributed by atoms with Gasteiger partial charge in [-0.2, -0.15) is 0 Å². The molecule has 0 saturated carbocycles. The molecule has 1 amide bonds. The molecule has 0 aromatic carbocycles. The summed E-state index contributed by atoms with van der Waals surface area (Å²) >= 11 is 0. The Morgan fingerprint density at radius 1 is 0.333 bits per heavy atom. The van der Waals surface area contributed by atoms with Crippen molar-refractivity contribution in [1.82, 2.24) is 5.32 Å². The molecule has 0 radical (unpaired) electrons. The van der Waals surface area contributed by atoms with Crippen molar-refractivity contribution >= 4 is 5.91 Å². The molecule has 3 saturated heterocycles. The number of aliphatic hydroxyl groups is 11. The van der Waals surface area contributed by atoms with E-state index in [-0.39, 0.29) is 18.9 Å². The molecule has 3 aliphatic rings. The summed E-state index contributed by atoms with van der Waals surface area (Å²) in [6.45, 7) is 1.65. The first-order valence-corrected chi connectivity index (χ1v) is 45.3. The van der Waals surface area contributed by atoms with Gasteiger partial charge in [0, 0.05) is 6.42 Å². The molecule has 17 unspecified atom stereocenters. The Labute approximate surface area is 673 Å². The van der Waals surface area contributed by atoms with Gasteiger partial charge in [0.1, 0.15) is 73.2 Å². The van der Waals surface area contributed by atoms with Crippen LogP contribution in [0, 0.1) is 0 Å². The van der Waals surface area contributed by atoms with Crippen LogP contribution in [0.5, 0.6) is 0 Å². The zero-order chi connectivity index (χ0) is 80.3. The summed E-state index contributed by atoms with van der Waals surface area (Å²) in [5.41, 5.74) is 0. The molecule has 0 bridgehead atoms. The van der Waals surface area contributed by atoms with Crippen LogP contribution in [0.4, 0.5) is 0 Å². The van der Waals surface area contributed by atoms with Gasteiger partial charge in [-0.1, -0.05) is 356 Å². The molecule has 0 aromatic rings. The molecule has 0 aliphatic carbocycles. The fourth-order valence-corrected chi connectivity index (χ4v) is 15.0. The number of allylic oxidation sites excluding steroid dienone is 13. The molecule has 3 rings (SSSR count). The molecule has 12 N–H and O–H groups in total. The zero-order valence-corrected chi connectivity index (χ0v) is 69.7. The first kappa shape index (κ1) is 102. The van der Waals surface area contributed by atoms with Crippen molar-refractivity contribution in [3.05, 3.63) is 85.1 Å². The molecule has 3 fully saturated rings. The lowest BCUT2D eigenvalue weighted by molar-refractivity contribution is -0.379. The number of nitrogens with one attached hydrogen (secondary N) is 1. The van der Waals surface area contributed by atoms with E-state index in [2.05, 4.69) is 92.1 Å². The largest absolute Gasteiger partial charge is 0.394 e. The lowest BCUT2D eigenvalue weighted by Gasteiger charge is -2.48. The van der Waals surface area contributed by atoms with Gasteiger partial charge in [0.05, 0.1) is 38.6 Å². The molecule has 3 heterocycles. The number of carbonyl (C=O) groups is 1. The third kappa shape index (κ3) is 49.7. The summed E-state index contributed by atoms with van der Waals surface area (Å²) in [6.07, 6.45) is 70.3. The molecule has 646 valence electrons. The van der Waals surface area contributed by atoms with Crippen LogP contribution in [-0.2, 0) is 33.2 Å². The van der Waals surface area contributed by atoms with E-state index in [9.17, 15) is 61.0 Å². The van der Waals surface area contributed by atoms with Crippen LogP contribution in [0.15, 0.2) is 85.1 Å². The maximum absolute atomic E-state index is 13.5. The molecular weight excluding hydrogens is 1410 g/mol. The topological polar surface area (TPSA) is 307 Å². The van der Waals surface area contributed by atoms with Crippen molar-refractivity contribution in [2.75, 3.05) is 26.4 Å². The lowest BCUT2D eigenvalue weighted by atomic mass is 9.96. The van der Waals surface area contributed by atoms with Gasteiger partial charge in [-0.3, -0.25) is 4.79 Å². The van der Waals surface area contributed by atoms with Crippen LogP contribution in [0.2, 0.25) is 0 Å². The van der Waals surface area contributed by atoms with Crippen molar-refractivity contribution in [2.45, 2.75) is 465 Å². The number of unbranched alkanes of at least 4 members (excludes halogenated alkanes) is 45. The van der Waals surface area contributed by atoms with Crippen molar-refractivity contribution < 1.29 is 89.4 Å². The van der Waals surface area contributed by atoms with E-state index < -0.39 is 124 Å². The molecule has 111 heavy (non-hydrogen) atoms. The van der Waals surface area contributed by atoms with Gasteiger partial charge >= 0.3 is 0 Å². The third-order valence-corrected chi connectivity index (χ3v) is 22.2. The Kier molecular flexibility index (Phi) is 65.4. The van der Waals surface area contributed by atoms with Gasteiger partial charge in [0.2, 0.25) is 5.91 Å². The first-order valence-electron chi connectivity index (χ1n) is 45.3. The molecule has 19 heteroatoms. The van der Waals surface area contributed by atoms with Gasteiger partial charge < -0.3 is 89.9 Å². The summed E-state index contributed by atoms with van der Waals surface area (Å²) in [4.78, 5) is 13.5. The Morgan fingerprint density at radius 2 is 0.631 bits per heavy atom. The van der Waals surface area contributed by atoms with Crippen molar-refractivity contribution in [1.29, 1.82) is 0 Å². The fourth-order valence-electron chi connectivity index (χ4n) is 15.0. The smallest absolute Gasteiger partial charge is 0.220 e. The highest BCUT2D eigenvalue weighted by Crippen LogP contribution is 2.34. The monoisotopic (exact) mass is 1570 g/mol. The fraction of sp³-hybridized carbons (Fsp3) is 0.837. The van der Waals surface area contributed by atoms with E-state index in [4.69, 9.17) is 28.4 Å². The van der Waals surface area contributed by atoms with Crippen LogP contribution in [0.1, 0.15) is 361 Å². The third-order valence-electron chi connectivity index (χ3n) is 22.2. The summed E-state index contributed by atoms with van der Waals surface area (Å²) < 4.78 is 34.5. The maximum Gasteiger partial charge on any atom is 0.220 e. The second-order valence-electron chi connectivity index (χ2n) is 32.0. The van der Waals surface area contributed by atoms with Crippen molar-refractivity contribution in [2.24, 2.45) is 0 Å². The number of aliphatic hydroxyl groups excluding tert-OH is 11. The van der Waals surface area contributed by atoms with Gasteiger partial charge in [-0.15, -0.1) is 0 Å². The SMILES string of the molecule is CC/C=C\C/C=C\C/C=C\C/C=C\CCCCCCCCCCCCCCCCCCCCCCCCCCCCC(=O)NC(COC1OC(CO)C(OC2OC(CO)C(OC3OC(CO)C(O)C(O)C3O)C(O)C2O)C(O)C1O)C(O)/C=C/CC/C=C/CC/C=C/CCCCCCCCCCCCCCCCCCC. The molecule has 0 spiro atoms. The van der Waals surface area contributed by atoms with Crippen LogP contribution in [0.25, 0.3) is 0 Å². The normalized spacial score (nSPS) is 25.4. The van der Waals surface area contributed by atoms with Crippen LogP contribution in [0.3, 0.4) is 0 Å². The van der Waals surface area contributed by atoms with E-state index in [1.54, 1.807) is 6.08 Å². The predicted octanol–water partition coefficient (Wildman–Crippen LogP) is 17.3. The van der Waals surface area contributed by atoms with E-state index in [1.165, 1.54) is 257 Å². The Morgan fingerprint density at radius 3 is 1.01 bits per heavy atom. The van der Waals surface area contributed by atoms with Gasteiger partial charge in [-0.05, 0) is 83.5 Å². The van der Waals surface area contributed by atoms with E-state index >= 15 is 0 Å². The second kappa shape index (κ2) is 71.1. The predicted molar refractivity (Wildman–Crippen MR) is 448 cm³/mol. The molecule has 3 aliphatic heterocycles. The summed E-state index contributed by atoms with van der Waals surface area (Å²) in [6, 6.07) is -1.00. The molecular formula is C92H165NO18. The highest BCUT2D eigenvalue weighted by molar-refractivity contribution is 5.76. The highest BCUT2D eigenvalue weighted by Gasteiger charge is 2.54. The number of hydrogen-bond acceptors (Lipinski definition) is 18. The van der Waals surface area contributed by atoms with E-state index in [0.29, 0.717) is 12.8 Å². The summed E-state index contributed by atoms with van der Waals surface area (Å²) in [5, 5.41) is 121. The minimum atomic E-state index is -1.99. The number of hydrogen-bond donors (Lipinski definition) is 12. The van der Waals surface area contributed by atoms with Gasteiger partial charge in [0.15, 0.2) is 18.9 Å². The molecule has 0 aromatic heterocycles. The van der Waals surface area contributed by atoms with Crippen LogP contribution < -0.4 is 5.32 Å². The Hall–Kier alpha value is -3.03. The minimum absolute atomic E-state index is 0.233. The molecule has 17 atom stereocenters. The van der Waals surface area contributed by atoms with Crippen LogP contribution in [-0.4, -0.2) is 193 Å². The average molecular weight is 1570 g/mol. The maximum atomic E-state index is 13.5. The quantitative estimate of drug-likeness (QED) is 0.0199. The van der Waals surface area contributed by atoms with Gasteiger partial charge in [0.25, 0.3) is 0 Å². The Bertz CT molecular complexity index is 2330. The zero-order valence-electron chi connectivity index (χ0n) is 69.7.